The van der Waals surface area contributed by atoms with Crippen molar-refractivity contribution >= 4 is 11.6 Å². The standard InChI is InChI=1S/C21H18ClF2N5O3/c1-10-5-13(7-25)6-15(22)16(10)32-17-18(21(4,23)24)26-9-29(20(17)31)8-14-11(2)27-12(3)28-19(14)30/h5-6,9H,8H2,1-4H3,(H,27,28,30). The summed E-state index contributed by atoms with van der Waals surface area (Å²) in [5.41, 5.74) is -1.11. The molecule has 32 heavy (non-hydrogen) atoms. The number of nitriles is 1. The fraction of sp³-hybridized carbons (Fsp3) is 0.286. The Morgan fingerprint density at radius 1 is 1.25 bits per heavy atom. The van der Waals surface area contributed by atoms with E-state index in [0.717, 1.165) is 10.9 Å². The quantitative estimate of drug-likeness (QED) is 0.619. The average Bonchev–Trinajstić information content (AvgIpc) is 2.68. The van der Waals surface area contributed by atoms with Gasteiger partial charge in [0.25, 0.3) is 17.0 Å². The van der Waals surface area contributed by atoms with E-state index in [2.05, 4.69) is 15.0 Å². The van der Waals surface area contributed by atoms with Gasteiger partial charge in [0, 0.05) is 12.6 Å². The predicted molar refractivity (Wildman–Crippen MR) is 112 cm³/mol. The van der Waals surface area contributed by atoms with Gasteiger partial charge in [-0.3, -0.25) is 14.2 Å². The number of nitrogens with zero attached hydrogens (tertiary/aromatic N) is 4. The first-order valence-corrected chi connectivity index (χ1v) is 9.72. The lowest BCUT2D eigenvalue weighted by Crippen LogP contribution is -2.30. The number of aromatic amines is 1. The number of benzene rings is 1. The van der Waals surface area contributed by atoms with E-state index in [1.165, 1.54) is 12.1 Å². The van der Waals surface area contributed by atoms with Gasteiger partial charge in [-0.15, -0.1) is 0 Å². The summed E-state index contributed by atoms with van der Waals surface area (Å²) in [5, 5.41) is 9.02. The first kappa shape index (κ1) is 23.1. The summed E-state index contributed by atoms with van der Waals surface area (Å²) in [7, 11) is 0. The van der Waals surface area contributed by atoms with E-state index in [9.17, 15) is 18.4 Å². The summed E-state index contributed by atoms with van der Waals surface area (Å²) in [6.45, 7) is 5.09. The third-order valence-electron chi connectivity index (χ3n) is 4.64. The van der Waals surface area contributed by atoms with Gasteiger partial charge in [-0.25, -0.2) is 9.97 Å². The third kappa shape index (κ3) is 4.53. The van der Waals surface area contributed by atoms with E-state index in [1.807, 2.05) is 6.07 Å². The van der Waals surface area contributed by atoms with E-state index in [0.29, 0.717) is 24.0 Å². The van der Waals surface area contributed by atoms with Crippen LogP contribution < -0.4 is 15.9 Å². The first-order chi connectivity index (χ1) is 14.9. The summed E-state index contributed by atoms with van der Waals surface area (Å²) >= 11 is 6.16. The molecule has 0 aliphatic carbocycles. The second-order valence-corrected chi connectivity index (χ2v) is 7.68. The highest BCUT2D eigenvalue weighted by molar-refractivity contribution is 6.32. The number of H-pyrrole nitrogens is 1. The van der Waals surface area contributed by atoms with Crippen LogP contribution in [0.3, 0.4) is 0 Å². The average molecular weight is 462 g/mol. The molecule has 0 saturated heterocycles. The number of alkyl halides is 2. The monoisotopic (exact) mass is 461 g/mol. The minimum atomic E-state index is -3.50. The summed E-state index contributed by atoms with van der Waals surface area (Å²) in [6.07, 6.45) is 0.925. The molecule has 166 valence electrons. The van der Waals surface area contributed by atoms with Gasteiger partial charge in [-0.2, -0.15) is 14.0 Å². The Hall–Kier alpha value is -3.58. The zero-order valence-electron chi connectivity index (χ0n) is 17.6. The Labute approximate surface area is 186 Å². The van der Waals surface area contributed by atoms with Gasteiger partial charge in [0.1, 0.15) is 11.6 Å². The molecule has 2 heterocycles. The van der Waals surface area contributed by atoms with Gasteiger partial charge in [-0.05, 0) is 38.5 Å². The molecule has 0 saturated carbocycles. The van der Waals surface area contributed by atoms with Crippen molar-refractivity contribution in [2.45, 2.75) is 40.2 Å². The van der Waals surface area contributed by atoms with E-state index < -0.39 is 28.5 Å². The van der Waals surface area contributed by atoms with Crippen LogP contribution in [0.2, 0.25) is 5.02 Å². The molecule has 0 amide bonds. The number of aromatic nitrogens is 4. The van der Waals surface area contributed by atoms with Gasteiger partial charge in [0.2, 0.25) is 5.75 Å². The Bertz CT molecular complexity index is 1350. The molecule has 0 bridgehead atoms. The Morgan fingerprint density at radius 3 is 2.50 bits per heavy atom. The molecule has 11 heteroatoms. The van der Waals surface area contributed by atoms with Gasteiger partial charge in [0.15, 0.2) is 5.69 Å². The van der Waals surface area contributed by atoms with E-state index in [4.69, 9.17) is 21.6 Å². The van der Waals surface area contributed by atoms with Crippen LogP contribution in [0.15, 0.2) is 28.0 Å². The fourth-order valence-electron chi connectivity index (χ4n) is 3.12. The van der Waals surface area contributed by atoms with Crippen LogP contribution in [0.25, 0.3) is 0 Å². The maximum Gasteiger partial charge on any atom is 0.297 e. The fourth-order valence-corrected chi connectivity index (χ4v) is 3.43. The number of hydrogen-bond acceptors (Lipinski definition) is 6. The summed E-state index contributed by atoms with van der Waals surface area (Å²) < 4.78 is 35.0. The number of ether oxygens (including phenoxy) is 1. The zero-order valence-corrected chi connectivity index (χ0v) is 18.3. The van der Waals surface area contributed by atoms with Crippen LogP contribution in [0.5, 0.6) is 11.5 Å². The van der Waals surface area contributed by atoms with E-state index in [-0.39, 0.29) is 28.4 Å². The molecule has 0 aliphatic rings. The van der Waals surface area contributed by atoms with Crippen molar-refractivity contribution < 1.29 is 13.5 Å². The van der Waals surface area contributed by atoms with Gasteiger partial charge in [-0.1, -0.05) is 11.6 Å². The van der Waals surface area contributed by atoms with Crippen molar-refractivity contribution in [3.63, 3.8) is 0 Å². The minimum absolute atomic E-state index is 0.0308. The number of hydrogen-bond donors (Lipinski definition) is 1. The molecular weight excluding hydrogens is 444 g/mol. The van der Waals surface area contributed by atoms with Gasteiger partial charge in [0.05, 0.1) is 35.1 Å². The number of halogens is 3. The van der Waals surface area contributed by atoms with Gasteiger partial charge < -0.3 is 9.72 Å². The van der Waals surface area contributed by atoms with Crippen molar-refractivity contribution in [3.8, 4) is 17.6 Å². The number of rotatable bonds is 5. The van der Waals surface area contributed by atoms with Crippen LogP contribution in [0, 0.1) is 32.1 Å². The van der Waals surface area contributed by atoms with Crippen LogP contribution in [0.4, 0.5) is 8.78 Å². The largest absolute Gasteiger partial charge is 0.447 e. The number of aryl methyl sites for hydroxylation is 3. The van der Waals surface area contributed by atoms with E-state index in [1.54, 1.807) is 20.8 Å². The lowest BCUT2D eigenvalue weighted by molar-refractivity contribution is 0.0101. The molecule has 0 fully saturated rings. The predicted octanol–water partition coefficient (Wildman–Crippen LogP) is 3.73. The SMILES string of the molecule is Cc1nc(C)c(Cn2cnc(C(C)(F)F)c(Oc3c(C)cc(C#N)cc3Cl)c2=O)c(=O)[nH]1. The lowest BCUT2D eigenvalue weighted by Gasteiger charge is -2.18. The second-order valence-electron chi connectivity index (χ2n) is 7.28. The van der Waals surface area contributed by atoms with Crippen LogP contribution >= 0.6 is 11.6 Å². The molecule has 3 aromatic rings. The Kier molecular flexibility index (Phi) is 6.14. The summed E-state index contributed by atoms with van der Waals surface area (Å²) in [6, 6.07) is 4.66. The molecule has 0 spiro atoms. The lowest BCUT2D eigenvalue weighted by atomic mass is 10.1. The highest BCUT2D eigenvalue weighted by atomic mass is 35.5. The summed E-state index contributed by atoms with van der Waals surface area (Å²) in [5.74, 6) is -3.89. The first-order valence-electron chi connectivity index (χ1n) is 9.34. The van der Waals surface area contributed by atoms with E-state index >= 15 is 0 Å². The maximum absolute atomic E-state index is 14.2. The molecular formula is C21H18ClF2N5O3. The maximum atomic E-state index is 14.2. The van der Waals surface area contributed by atoms with Gasteiger partial charge >= 0.3 is 0 Å². The van der Waals surface area contributed by atoms with Crippen molar-refractivity contribution in [1.29, 1.82) is 5.26 Å². The highest BCUT2D eigenvalue weighted by Crippen LogP contribution is 2.37. The molecule has 0 unspecified atom stereocenters. The number of nitrogens with one attached hydrogen (secondary N) is 1. The Balaban J connectivity index is 2.17. The molecule has 3 rings (SSSR count). The zero-order chi connectivity index (χ0) is 23.8. The normalized spacial score (nSPS) is 11.3. The molecule has 8 nitrogen and oxygen atoms in total. The van der Waals surface area contributed by atoms with Crippen LogP contribution in [-0.4, -0.2) is 19.5 Å². The molecule has 2 aromatic heterocycles. The third-order valence-corrected chi connectivity index (χ3v) is 4.92. The van der Waals surface area contributed by atoms with Crippen molar-refractivity contribution in [2.24, 2.45) is 0 Å². The van der Waals surface area contributed by atoms with Crippen molar-refractivity contribution in [2.75, 3.05) is 0 Å². The van der Waals surface area contributed by atoms with Crippen molar-refractivity contribution in [1.82, 2.24) is 19.5 Å². The van der Waals surface area contributed by atoms with Crippen LogP contribution in [0.1, 0.15) is 40.8 Å². The Morgan fingerprint density at radius 2 is 1.94 bits per heavy atom. The molecule has 0 aliphatic heterocycles. The molecule has 0 atom stereocenters. The van der Waals surface area contributed by atoms with Crippen LogP contribution in [-0.2, 0) is 12.5 Å². The smallest absolute Gasteiger partial charge is 0.297 e. The molecule has 1 aromatic carbocycles. The minimum Gasteiger partial charge on any atom is -0.447 e. The topological polar surface area (TPSA) is 114 Å². The van der Waals surface area contributed by atoms with Crippen molar-refractivity contribution in [3.05, 3.63) is 78.1 Å². The molecule has 1 N–H and O–H groups in total. The summed E-state index contributed by atoms with van der Waals surface area (Å²) in [4.78, 5) is 35.8. The second kappa shape index (κ2) is 8.51. The molecule has 0 radical (unpaired) electrons. The highest BCUT2D eigenvalue weighted by Gasteiger charge is 2.34.